The summed E-state index contributed by atoms with van der Waals surface area (Å²) in [5.74, 6) is -0.318. The van der Waals surface area contributed by atoms with E-state index >= 15 is 0 Å². The smallest absolute Gasteiger partial charge is 0.229 e. The third kappa shape index (κ3) is 4.23. The minimum atomic E-state index is -3.65. The number of rotatable bonds is 5. The minimum absolute atomic E-state index is 0.124. The molecule has 114 valence electrons. The van der Waals surface area contributed by atoms with Crippen molar-refractivity contribution in [3.8, 4) is 0 Å². The Morgan fingerprint density at radius 3 is 2.52 bits per heavy atom. The van der Waals surface area contributed by atoms with Crippen LogP contribution in [0.1, 0.15) is 18.2 Å². The van der Waals surface area contributed by atoms with Crippen molar-refractivity contribution in [2.24, 2.45) is 0 Å². The van der Waals surface area contributed by atoms with Crippen molar-refractivity contribution < 1.29 is 12.8 Å². The van der Waals surface area contributed by atoms with E-state index in [-0.39, 0.29) is 20.5 Å². The Labute approximate surface area is 132 Å². The molecule has 0 fully saturated rings. The highest BCUT2D eigenvalue weighted by molar-refractivity contribution is 7.91. The van der Waals surface area contributed by atoms with E-state index in [1.54, 1.807) is 26.0 Å². The van der Waals surface area contributed by atoms with Gasteiger partial charge in [0.1, 0.15) is 5.82 Å². The quantitative estimate of drug-likeness (QED) is 0.903. The van der Waals surface area contributed by atoms with E-state index in [1.807, 2.05) is 0 Å². The van der Waals surface area contributed by atoms with E-state index in [0.29, 0.717) is 12.1 Å². The zero-order valence-corrected chi connectivity index (χ0v) is 13.8. The number of halogens is 2. The highest BCUT2D eigenvalue weighted by Crippen LogP contribution is 2.26. The third-order valence-corrected chi connectivity index (χ3v) is 6.24. The van der Waals surface area contributed by atoms with Crippen LogP contribution in [-0.4, -0.2) is 19.4 Å². The first-order chi connectivity index (χ1) is 9.78. The average Bonchev–Trinajstić information content (AvgIpc) is 2.71. The lowest BCUT2D eigenvalue weighted by molar-refractivity contribution is 0.560. The van der Waals surface area contributed by atoms with Gasteiger partial charge in [0.05, 0.1) is 5.69 Å². The molecule has 21 heavy (non-hydrogen) atoms. The van der Waals surface area contributed by atoms with Gasteiger partial charge in [-0.3, -0.25) is 0 Å². The van der Waals surface area contributed by atoms with Gasteiger partial charge in [0.15, 0.2) is 8.68 Å². The van der Waals surface area contributed by atoms with Crippen LogP contribution in [0.15, 0.2) is 28.5 Å². The van der Waals surface area contributed by atoms with E-state index in [9.17, 15) is 12.8 Å². The normalized spacial score (nSPS) is 13.3. The molecule has 4 nitrogen and oxygen atoms in total. The molecular weight excluding hydrogens is 335 g/mol. The van der Waals surface area contributed by atoms with Crippen LogP contribution >= 0.6 is 22.9 Å². The number of nitrogens with zero attached hydrogens (tertiary/aromatic N) is 1. The molecule has 0 saturated heterocycles. The van der Waals surface area contributed by atoms with Gasteiger partial charge in [-0.25, -0.2) is 22.5 Å². The van der Waals surface area contributed by atoms with Crippen LogP contribution in [0.2, 0.25) is 4.47 Å². The van der Waals surface area contributed by atoms with Gasteiger partial charge < -0.3 is 0 Å². The SMILES string of the molecule is Cc1nc(Cl)sc1S(=O)(=O)NC(C)Cc1ccc(F)cc1. The maximum atomic E-state index is 12.8. The molecule has 0 saturated carbocycles. The number of hydrogen-bond donors (Lipinski definition) is 1. The van der Waals surface area contributed by atoms with Crippen LogP contribution in [0.4, 0.5) is 4.39 Å². The van der Waals surface area contributed by atoms with E-state index in [2.05, 4.69) is 9.71 Å². The van der Waals surface area contributed by atoms with E-state index < -0.39 is 10.0 Å². The van der Waals surface area contributed by atoms with Crippen molar-refractivity contribution in [1.29, 1.82) is 0 Å². The van der Waals surface area contributed by atoms with Gasteiger partial charge in [-0.2, -0.15) is 0 Å². The number of aryl methyl sites for hydroxylation is 1. The molecule has 2 aromatic rings. The van der Waals surface area contributed by atoms with E-state index in [0.717, 1.165) is 16.9 Å². The van der Waals surface area contributed by atoms with Crippen LogP contribution < -0.4 is 4.72 Å². The molecule has 8 heteroatoms. The molecule has 0 aliphatic heterocycles. The fourth-order valence-corrected chi connectivity index (χ4v) is 4.93. The molecule has 1 N–H and O–H groups in total. The minimum Gasteiger partial charge on any atom is -0.229 e. The highest BCUT2D eigenvalue weighted by Gasteiger charge is 2.23. The summed E-state index contributed by atoms with van der Waals surface area (Å²) in [7, 11) is -3.65. The number of aromatic nitrogens is 1. The van der Waals surface area contributed by atoms with Gasteiger partial charge in [-0.15, -0.1) is 0 Å². The Morgan fingerprint density at radius 1 is 1.38 bits per heavy atom. The molecule has 0 amide bonds. The first-order valence-corrected chi connectivity index (χ1v) is 8.85. The summed E-state index contributed by atoms with van der Waals surface area (Å²) < 4.78 is 40.3. The van der Waals surface area contributed by atoms with Gasteiger partial charge in [-0.05, 0) is 38.0 Å². The summed E-state index contributed by atoms with van der Waals surface area (Å²) >= 11 is 6.66. The number of hydrogen-bond acceptors (Lipinski definition) is 4. The third-order valence-electron chi connectivity index (χ3n) is 2.78. The topological polar surface area (TPSA) is 59.1 Å². The van der Waals surface area contributed by atoms with Crippen molar-refractivity contribution in [3.63, 3.8) is 0 Å². The summed E-state index contributed by atoms with van der Waals surface area (Å²) in [6.07, 6.45) is 0.463. The van der Waals surface area contributed by atoms with Crippen molar-refractivity contribution in [2.75, 3.05) is 0 Å². The highest BCUT2D eigenvalue weighted by atomic mass is 35.5. The van der Waals surface area contributed by atoms with Crippen LogP contribution in [0.5, 0.6) is 0 Å². The number of sulfonamides is 1. The Balaban J connectivity index is 2.09. The van der Waals surface area contributed by atoms with Gasteiger partial charge in [-0.1, -0.05) is 35.1 Å². The molecule has 1 heterocycles. The Morgan fingerprint density at radius 2 is 2.00 bits per heavy atom. The lowest BCUT2D eigenvalue weighted by Gasteiger charge is -2.13. The van der Waals surface area contributed by atoms with Gasteiger partial charge in [0, 0.05) is 6.04 Å². The van der Waals surface area contributed by atoms with Gasteiger partial charge >= 0.3 is 0 Å². The zero-order valence-electron chi connectivity index (χ0n) is 11.4. The van der Waals surface area contributed by atoms with Crippen LogP contribution in [0, 0.1) is 12.7 Å². The first-order valence-electron chi connectivity index (χ1n) is 6.17. The zero-order chi connectivity index (χ0) is 15.6. The fraction of sp³-hybridized carbons (Fsp3) is 0.308. The largest absolute Gasteiger partial charge is 0.252 e. The van der Waals surface area contributed by atoms with Crippen molar-refractivity contribution in [2.45, 2.75) is 30.5 Å². The van der Waals surface area contributed by atoms with E-state index in [1.165, 1.54) is 12.1 Å². The monoisotopic (exact) mass is 348 g/mol. The molecule has 0 aliphatic rings. The lowest BCUT2D eigenvalue weighted by Crippen LogP contribution is -2.34. The van der Waals surface area contributed by atoms with E-state index in [4.69, 9.17) is 11.6 Å². The summed E-state index contributed by atoms with van der Waals surface area (Å²) in [6.45, 7) is 3.35. The predicted molar refractivity (Wildman–Crippen MR) is 81.7 cm³/mol. The second-order valence-corrected chi connectivity index (χ2v) is 8.18. The molecule has 1 aromatic carbocycles. The van der Waals surface area contributed by atoms with Crippen molar-refractivity contribution in [3.05, 3.63) is 45.8 Å². The van der Waals surface area contributed by atoms with Crippen molar-refractivity contribution in [1.82, 2.24) is 9.71 Å². The Kier molecular flexibility index (Phi) is 4.98. The maximum Gasteiger partial charge on any atom is 0.252 e. The van der Waals surface area contributed by atoms with Crippen LogP contribution in [0.3, 0.4) is 0 Å². The van der Waals surface area contributed by atoms with Crippen LogP contribution in [0.25, 0.3) is 0 Å². The first kappa shape index (κ1) is 16.4. The fourth-order valence-electron chi connectivity index (χ4n) is 1.93. The molecule has 0 spiro atoms. The standard InChI is InChI=1S/C13H14ClFN2O2S2/c1-8(7-10-3-5-11(15)6-4-10)17-21(18,19)12-9(2)16-13(14)20-12/h3-6,8,17H,7H2,1-2H3. The molecule has 1 atom stereocenters. The van der Waals surface area contributed by atoms with Gasteiger partial charge in [0.25, 0.3) is 10.0 Å². The van der Waals surface area contributed by atoms with Crippen molar-refractivity contribution >= 4 is 33.0 Å². The summed E-state index contributed by atoms with van der Waals surface area (Å²) in [6, 6.07) is 5.64. The molecule has 2 rings (SSSR count). The van der Waals surface area contributed by atoms with Crippen LogP contribution in [-0.2, 0) is 16.4 Å². The summed E-state index contributed by atoms with van der Waals surface area (Å²) in [5.41, 5.74) is 1.23. The molecular formula is C13H14ClFN2O2S2. The Hall–Kier alpha value is -1.02. The number of thiazole rings is 1. The predicted octanol–water partition coefficient (Wildman–Crippen LogP) is 3.15. The Bertz CT molecular complexity index is 729. The summed E-state index contributed by atoms with van der Waals surface area (Å²) in [5, 5.41) is 0. The summed E-state index contributed by atoms with van der Waals surface area (Å²) in [4.78, 5) is 3.90. The number of nitrogens with one attached hydrogen (secondary N) is 1. The molecule has 0 bridgehead atoms. The van der Waals surface area contributed by atoms with Gasteiger partial charge in [0.2, 0.25) is 0 Å². The lowest BCUT2D eigenvalue weighted by atomic mass is 10.1. The molecule has 1 unspecified atom stereocenters. The second-order valence-electron chi connectivity index (χ2n) is 4.69. The maximum absolute atomic E-state index is 12.8. The molecule has 1 aromatic heterocycles. The number of benzene rings is 1. The second kappa shape index (κ2) is 6.39. The average molecular weight is 349 g/mol. The molecule has 0 radical (unpaired) electrons. The molecule has 0 aliphatic carbocycles.